The van der Waals surface area contributed by atoms with Gasteiger partial charge in [-0.1, -0.05) is 18.5 Å². The molecule has 1 aromatic carbocycles. The van der Waals surface area contributed by atoms with Crippen LogP contribution in [0.2, 0.25) is 5.02 Å². The number of aliphatic hydroxyl groups is 1. The highest BCUT2D eigenvalue weighted by molar-refractivity contribution is 6.30. The van der Waals surface area contributed by atoms with E-state index in [2.05, 4.69) is 11.8 Å². The van der Waals surface area contributed by atoms with Gasteiger partial charge in [0.2, 0.25) is 0 Å². The number of likely N-dealkylation sites (tertiary alicyclic amines) is 1. The molecule has 1 aliphatic heterocycles. The van der Waals surface area contributed by atoms with E-state index in [1.807, 2.05) is 6.07 Å². The molecule has 1 saturated heterocycles. The fraction of sp³-hybridized carbons (Fsp3) is 0.700. The molecule has 0 radical (unpaired) electrons. The smallest absolute Gasteiger partial charge is 0.165 e. The van der Waals surface area contributed by atoms with E-state index in [0.29, 0.717) is 23.9 Å². The van der Waals surface area contributed by atoms with Crippen molar-refractivity contribution in [3.63, 3.8) is 0 Å². The van der Waals surface area contributed by atoms with E-state index in [0.717, 1.165) is 50.0 Å². The van der Waals surface area contributed by atoms with Gasteiger partial charge in [-0.3, -0.25) is 4.90 Å². The highest BCUT2D eigenvalue weighted by Crippen LogP contribution is 2.44. The second-order valence-corrected chi connectivity index (χ2v) is 7.81. The number of methoxy groups -OCH3 is 2. The zero-order valence-electron chi connectivity index (χ0n) is 16.0. The van der Waals surface area contributed by atoms with E-state index in [1.165, 1.54) is 0 Å². The summed E-state index contributed by atoms with van der Waals surface area (Å²) in [4.78, 5) is 2.40. The molecule has 1 saturated carbocycles. The lowest BCUT2D eigenvalue weighted by atomic mass is 9.79. The molecule has 1 N–H and O–H groups in total. The first-order valence-corrected chi connectivity index (χ1v) is 9.87. The normalized spacial score (nSPS) is 28.8. The van der Waals surface area contributed by atoms with Crippen LogP contribution in [0, 0.1) is 0 Å². The predicted molar refractivity (Wildman–Crippen MR) is 102 cm³/mol. The van der Waals surface area contributed by atoms with Gasteiger partial charge in [0.25, 0.3) is 0 Å². The number of halogens is 1. The summed E-state index contributed by atoms with van der Waals surface area (Å²) in [5, 5.41) is 10.8. The van der Waals surface area contributed by atoms with Gasteiger partial charge in [-0.15, -0.1) is 0 Å². The molecule has 2 fully saturated rings. The molecule has 1 aliphatic carbocycles. The van der Waals surface area contributed by atoms with Crippen molar-refractivity contribution in [2.24, 2.45) is 0 Å². The molecule has 26 heavy (non-hydrogen) atoms. The molecular weight excluding hydrogens is 354 g/mol. The average Bonchev–Trinajstić information content (AvgIpc) is 2.99. The topological polar surface area (TPSA) is 51.2 Å². The third-order valence-electron chi connectivity index (χ3n) is 5.81. The standard InChI is InChI=1S/C20H30ClNO4/c1-4-9-26-19-14(10-15(21)11-17(19)24-2)13-22-8-7-20(25-3)6-5-16(23)12-18(20)22/h10-11,16,18,23H,4-9,12-13H2,1-3H3/t16-,18+,20-/m1/s1. The SMILES string of the molecule is CCCOc1c(CN2CC[C@]3(OC)CC[C@@H](O)C[C@H]23)cc(Cl)cc1OC. The fourth-order valence-electron chi connectivity index (χ4n) is 4.44. The third-order valence-corrected chi connectivity index (χ3v) is 6.03. The molecule has 1 aromatic rings. The van der Waals surface area contributed by atoms with Crippen LogP contribution in [-0.4, -0.2) is 55.1 Å². The lowest BCUT2D eigenvalue weighted by molar-refractivity contribution is -0.0880. The summed E-state index contributed by atoms with van der Waals surface area (Å²) >= 11 is 6.32. The summed E-state index contributed by atoms with van der Waals surface area (Å²) in [5.41, 5.74) is 0.876. The molecule has 3 rings (SSSR count). The number of hydrogen-bond acceptors (Lipinski definition) is 5. The minimum absolute atomic E-state index is 0.146. The Morgan fingerprint density at radius 2 is 2.12 bits per heavy atom. The zero-order chi connectivity index (χ0) is 18.7. The van der Waals surface area contributed by atoms with Crippen LogP contribution in [0.4, 0.5) is 0 Å². The van der Waals surface area contributed by atoms with Gasteiger partial charge in [-0.2, -0.15) is 0 Å². The van der Waals surface area contributed by atoms with E-state index in [9.17, 15) is 5.11 Å². The predicted octanol–water partition coefficient (Wildman–Crippen LogP) is 3.64. The maximum atomic E-state index is 10.2. The largest absolute Gasteiger partial charge is 0.493 e. The minimum atomic E-state index is -0.256. The first-order chi connectivity index (χ1) is 12.5. The van der Waals surface area contributed by atoms with Crippen LogP contribution in [0.25, 0.3) is 0 Å². The van der Waals surface area contributed by atoms with Gasteiger partial charge in [0.05, 0.1) is 25.4 Å². The van der Waals surface area contributed by atoms with Gasteiger partial charge in [0.1, 0.15) is 0 Å². The van der Waals surface area contributed by atoms with Crippen LogP contribution in [0.15, 0.2) is 12.1 Å². The summed E-state index contributed by atoms with van der Waals surface area (Å²) in [7, 11) is 3.43. The van der Waals surface area contributed by atoms with E-state index in [4.69, 9.17) is 25.8 Å². The molecule has 1 heterocycles. The Labute approximate surface area is 161 Å². The maximum Gasteiger partial charge on any atom is 0.165 e. The van der Waals surface area contributed by atoms with Crippen LogP contribution in [0.1, 0.15) is 44.6 Å². The molecule has 6 heteroatoms. The first kappa shape index (κ1) is 19.7. The number of benzene rings is 1. The van der Waals surface area contributed by atoms with Crippen LogP contribution in [-0.2, 0) is 11.3 Å². The van der Waals surface area contributed by atoms with Crippen molar-refractivity contribution >= 4 is 11.6 Å². The van der Waals surface area contributed by atoms with Gasteiger partial charge >= 0.3 is 0 Å². The average molecular weight is 384 g/mol. The van der Waals surface area contributed by atoms with Gasteiger partial charge in [0, 0.05) is 42.9 Å². The number of rotatable bonds is 7. The van der Waals surface area contributed by atoms with Crippen molar-refractivity contribution < 1.29 is 19.3 Å². The monoisotopic (exact) mass is 383 g/mol. The van der Waals surface area contributed by atoms with Crippen LogP contribution in [0.5, 0.6) is 11.5 Å². The van der Waals surface area contributed by atoms with Crippen LogP contribution < -0.4 is 9.47 Å². The van der Waals surface area contributed by atoms with Crippen molar-refractivity contribution in [3.8, 4) is 11.5 Å². The lowest BCUT2D eigenvalue weighted by Gasteiger charge is -2.42. The summed E-state index contributed by atoms with van der Waals surface area (Å²) in [6.45, 7) is 4.36. The maximum absolute atomic E-state index is 10.2. The molecule has 2 aliphatic rings. The fourth-order valence-corrected chi connectivity index (χ4v) is 4.67. The Kier molecular flexibility index (Phi) is 6.33. The van der Waals surface area contributed by atoms with Gasteiger partial charge < -0.3 is 19.3 Å². The van der Waals surface area contributed by atoms with Gasteiger partial charge in [0.15, 0.2) is 11.5 Å². The van der Waals surface area contributed by atoms with Crippen molar-refractivity contribution in [1.29, 1.82) is 0 Å². The van der Waals surface area contributed by atoms with Crippen molar-refractivity contribution in [2.45, 2.75) is 63.3 Å². The Morgan fingerprint density at radius 1 is 1.31 bits per heavy atom. The third kappa shape index (κ3) is 3.81. The molecule has 5 nitrogen and oxygen atoms in total. The van der Waals surface area contributed by atoms with Crippen LogP contribution in [0.3, 0.4) is 0 Å². The number of hydrogen-bond donors (Lipinski definition) is 1. The lowest BCUT2D eigenvalue weighted by Crippen LogP contribution is -2.51. The summed E-state index contributed by atoms with van der Waals surface area (Å²) in [5.74, 6) is 1.44. The summed E-state index contributed by atoms with van der Waals surface area (Å²) in [6.07, 6.45) is 4.13. The van der Waals surface area contributed by atoms with Crippen molar-refractivity contribution in [2.75, 3.05) is 27.4 Å². The first-order valence-electron chi connectivity index (χ1n) is 9.49. The Bertz CT molecular complexity index is 626. The van der Waals surface area contributed by atoms with Crippen LogP contribution >= 0.6 is 11.6 Å². The Hall–Kier alpha value is -1.01. The second kappa shape index (κ2) is 8.34. The Balaban J connectivity index is 1.87. The van der Waals surface area contributed by atoms with E-state index >= 15 is 0 Å². The number of fused-ring (bicyclic) bond motifs is 1. The molecular formula is C20H30ClNO4. The Morgan fingerprint density at radius 3 is 2.81 bits per heavy atom. The quantitative estimate of drug-likeness (QED) is 0.779. The molecule has 0 amide bonds. The van der Waals surface area contributed by atoms with Gasteiger partial charge in [-0.05, 0) is 38.2 Å². The second-order valence-electron chi connectivity index (χ2n) is 7.38. The number of aliphatic hydroxyl groups excluding tert-OH is 1. The molecule has 146 valence electrons. The molecule has 0 bridgehead atoms. The molecule has 0 spiro atoms. The highest BCUT2D eigenvalue weighted by atomic mass is 35.5. The van der Waals surface area contributed by atoms with Crippen molar-refractivity contribution in [1.82, 2.24) is 4.90 Å². The van der Waals surface area contributed by atoms with E-state index < -0.39 is 0 Å². The summed E-state index contributed by atoms with van der Waals surface area (Å²) < 4.78 is 17.4. The molecule has 0 aromatic heterocycles. The number of nitrogens with zero attached hydrogens (tertiary/aromatic N) is 1. The van der Waals surface area contributed by atoms with Crippen molar-refractivity contribution in [3.05, 3.63) is 22.7 Å². The molecule has 0 unspecified atom stereocenters. The zero-order valence-corrected chi connectivity index (χ0v) is 16.7. The van der Waals surface area contributed by atoms with Gasteiger partial charge in [-0.25, -0.2) is 0 Å². The summed E-state index contributed by atoms with van der Waals surface area (Å²) in [6, 6.07) is 3.96. The minimum Gasteiger partial charge on any atom is -0.493 e. The van der Waals surface area contributed by atoms with E-state index in [-0.39, 0.29) is 17.7 Å². The molecule has 3 atom stereocenters. The van der Waals surface area contributed by atoms with E-state index in [1.54, 1.807) is 20.3 Å². The highest BCUT2D eigenvalue weighted by Gasteiger charge is 2.50. The number of ether oxygens (including phenoxy) is 3.